The van der Waals surface area contributed by atoms with E-state index in [4.69, 9.17) is 10.5 Å². The van der Waals surface area contributed by atoms with Crippen LogP contribution < -0.4 is 15.8 Å². The van der Waals surface area contributed by atoms with E-state index in [-0.39, 0.29) is 16.2 Å². The average Bonchev–Trinajstić information content (AvgIpc) is 2.37. The number of ether oxygens (including phenoxy) is 1. The van der Waals surface area contributed by atoms with Crippen LogP contribution in [-0.2, 0) is 4.79 Å². The molecule has 0 aromatic heterocycles. The van der Waals surface area contributed by atoms with Crippen molar-refractivity contribution in [1.29, 1.82) is 0 Å². The van der Waals surface area contributed by atoms with E-state index in [0.717, 1.165) is 0 Å². The van der Waals surface area contributed by atoms with Gasteiger partial charge in [-0.1, -0.05) is 20.8 Å². The summed E-state index contributed by atoms with van der Waals surface area (Å²) in [5.74, 6) is 0.0971. The van der Waals surface area contributed by atoms with Crippen LogP contribution in [0.25, 0.3) is 0 Å². The third-order valence-corrected chi connectivity index (χ3v) is 3.75. The molecule has 0 unspecified atom stereocenters. The van der Waals surface area contributed by atoms with Gasteiger partial charge in [0.2, 0.25) is 5.91 Å². The van der Waals surface area contributed by atoms with Gasteiger partial charge >= 0.3 is 0 Å². The molecule has 5 nitrogen and oxygen atoms in total. The summed E-state index contributed by atoms with van der Waals surface area (Å²) in [6.07, 6.45) is 0. The minimum atomic E-state index is -0.602. The van der Waals surface area contributed by atoms with Crippen LogP contribution in [0.15, 0.2) is 18.2 Å². The lowest BCUT2D eigenvalue weighted by molar-refractivity contribution is -0.113. The van der Waals surface area contributed by atoms with Crippen molar-refractivity contribution in [2.24, 2.45) is 5.73 Å². The van der Waals surface area contributed by atoms with Crippen LogP contribution in [0.5, 0.6) is 5.75 Å². The Morgan fingerprint density at radius 2 is 2.00 bits per heavy atom. The summed E-state index contributed by atoms with van der Waals surface area (Å²) in [7, 11) is 0. The number of rotatable bonds is 6. The first-order chi connectivity index (χ1) is 9.73. The molecule has 0 fully saturated rings. The number of primary amides is 1. The minimum Gasteiger partial charge on any atom is -0.494 e. The summed E-state index contributed by atoms with van der Waals surface area (Å²) in [5.41, 5.74) is 6.00. The Labute approximate surface area is 129 Å². The number of thioether (sulfide) groups is 1. The number of amides is 2. The molecule has 2 amide bonds. The van der Waals surface area contributed by atoms with Crippen molar-refractivity contribution in [2.45, 2.75) is 32.4 Å². The molecule has 0 radical (unpaired) electrons. The molecule has 116 valence electrons. The second-order valence-corrected chi connectivity index (χ2v) is 7.26. The number of nitrogens with two attached hydrogens (primary N) is 1. The molecule has 0 bridgehead atoms. The minimum absolute atomic E-state index is 0.00266. The van der Waals surface area contributed by atoms with E-state index in [1.54, 1.807) is 18.2 Å². The monoisotopic (exact) mass is 310 g/mol. The molecule has 6 heteroatoms. The fraction of sp³-hybridized carbons (Fsp3) is 0.467. The maximum Gasteiger partial charge on any atom is 0.250 e. The Bertz CT molecular complexity index is 524. The van der Waals surface area contributed by atoms with E-state index < -0.39 is 5.91 Å². The standard InChI is InChI=1S/C15H22N2O3S/c1-5-20-10-6-7-12(11(8-10)14(16)19)17-13(18)9-21-15(2,3)4/h6-8H,5,9H2,1-4H3,(H2,16,19)(H,17,18). The summed E-state index contributed by atoms with van der Waals surface area (Å²) in [4.78, 5) is 23.4. The van der Waals surface area contributed by atoms with Crippen LogP contribution in [0.4, 0.5) is 5.69 Å². The molecular formula is C15H22N2O3S. The molecule has 0 saturated heterocycles. The van der Waals surface area contributed by atoms with Crippen molar-refractivity contribution in [2.75, 3.05) is 17.7 Å². The molecule has 1 aromatic carbocycles. The van der Waals surface area contributed by atoms with Crippen LogP contribution >= 0.6 is 11.8 Å². The smallest absolute Gasteiger partial charge is 0.250 e. The van der Waals surface area contributed by atoms with Gasteiger partial charge in [-0.15, -0.1) is 11.8 Å². The summed E-state index contributed by atoms with van der Waals surface area (Å²) in [5, 5.41) is 2.72. The van der Waals surface area contributed by atoms with Gasteiger partial charge in [0.25, 0.3) is 5.91 Å². The molecule has 0 aliphatic carbocycles. The predicted octanol–water partition coefficient (Wildman–Crippen LogP) is 2.65. The van der Waals surface area contributed by atoms with Crippen LogP contribution in [0.2, 0.25) is 0 Å². The van der Waals surface area contributed by atoms with Gasteiger partial charge in [0.05, 0.1) is 23.6 Å². The Morgan fingerprint density at radius 3 is 2.52 bits per heavy atom. The molecule has 0 saturated carbocycles. The maximum absolute atomic E-state index is 11.9. The fourth-order valence-electron chi connectivity index (χ4n) is 1.56. The summed E-state index contributed by atoms with van der Waals surface area (Å²) in [6, 6.07) is 4.87. The first kappa shape index (κ1) is 17.4. The van der Waals surface area contributed by atoms with Gasteiger partial charge in [-0.05, 0) is 25.1 Å². The lowest BCUT2D eigenvalue weighted by Crippen LogP contribution is -2.21. The van der Waals surface area contributed by atoms with Crippen LogP contribution in [0.3, 0.4) is 0 Å². The van der Waals surface area contributed by atoms with Gasteiger partial charge in [0.15, 0.2) is 0 Å². The van der Waals surface area contributed by atoms with E-state index in [0.29, 0.717) is 23.8 Å². The largest absolute Gasteiger partial charge is 0.494 e. The van der Waals surface area contributed by atoms with Gasteiger partial charge < -0.3 is 15.8 Å². The maximum atomic E-state index is 11.9. The van der Waals surface area contributed by atoms with Crippen LogP contribution in [0.1, 0.15) is 38.1 Å². The van der Waals surface area contributed by atoms with Crippen molar-refractivity contribution in [3.63, 3.8) is 0 Å². The number of nitrogens with one attached hydrogen (secondary N) is 1. The molecular weight excluding hydrogens is 288 g/mol. The highest BCUT2D eigenvalue weighted by Gasteiger charge is 2.16. The van der Waals surface area contributed by atoms with Gasteiger partial charge in [-0.25, -0.2) is 0 Å². The molecule has 0 heterocycles. The lowest BCUT2D eigenvalue weighted by Gasteiger charge is -2.17. The van der Waals surface area contributed by atoms with Crippen molar-refractivity contribution < 1.29 is 14.3 Å². The first-order valence-electron chi connectivity index (χ1n) is 6.73. The predicted molar refractivity (Wildman–Crippen MR) is 87.0 cm³/mol. The molecule has 0 aliphatic heterocycles. The molecule has 0 aliphatic rings. The highest BCUT2D eigenvalue weighted by atomic mass is 32.2. The quantitative estimate of drug-likeness (QED) is 0.846. The Kier molecular flexibility index (Phi) is 6.08. The number of hydrogen-bond acceptors (Lipinski definition) is 4. The Morgan fingerprint density at radius 1 is 1.33 bits per heavy atom. The SMILES string of the molecule is CCOc1ccc(NC(=O)CSC(C)(C)C)c(C(N)=O)c1. The van der Waals surface area contributed by atoms with Gasteiger partial charge in [0, 0.05) is 4.75 Å². The van der Waals surface area contributed by atoms with Crippen molar-refractivity contribution in [3.8, 4) is 5.75 Å². The van der Waals surface area contributed by atoms with Crippen molar-refractivity contribution in [1.82, 2.24) is 0 Å². The topological polar surface area (TPSA) is 81.4 Å². The molecule has 1 rings (SSSR count). The zero-order valence-electron chi connectivity index (χ0n) is 12.9. The number of benzene rings is 1. The molecule has 0 atom stereocenters. The second-order valence-electron chi connectivity index (χ2n) is 5.45. The Balaban J connectivity index is 2.82. The van der Waals surface area contributed by atoms with Crippen LogP contribution in [-0.4, -0.2) is 28.9 Å². The normalized spacial score (nSPS) is 11.0. The third-order valence-electron chi connectivity index (χ3n) is 2.48. The van der Waals surface area contributed by atoms with Gasteiger partial charge in [0.1, 0.15) is 5.75 Å². The number of hydrogen-bond donors (Lipinski definition) is 2. The number of carbonyl (C=O) groups excluding carboxylic acids is 2. The molecule has 3 N–H and O–H groups in total. The van der Waals surface area contributed by atoms with E-state index in [1.165, 1.54) is 11.8 Å². The zero-order chi connectivity index (χ0) is 16.0. The van der Waals surface area contributed by atoms with Gasteiger partial charge in [-0.3, -0.25) is 9.59 Å². The fourth-order valence-corrected chi connectivity index (χ4v) is 2.20. The number of carbonyl (C=O) groups is 2. The van der Waals surface area contributed by atoms with Gasteiger partial charge in [-0.2, -0.15) is 0 Å². The summed E-state index contributed by atoms with van der Waals surface area (Å²) >= 11 is 1.53. The van der Waals surface area contributed by atoms with Crippen LogP contribution in [0, 0.1) is 0 Å². The Hall–Kier alpha value is -1.69. The van der Waals surface area contributed by atoms with Crippen molar-refractivity contribution >= 4 is 29.3 Å². The molecule has 1 aromatic rings. The zero-order valence-corrected chi connectivity index (χ0v) is 13.7. The van der Waals surface area contributed by atoms with Crippen molar-refractivity contribution in [3.05, 3.63) is 23.8 Å². The highest BCUT2D eigenvalue weighted by molar-refractivity contribution is 8.01. The van der Waals surface area contributed by atoms with E-state index >= 15 is 0 Å². The molecule has 0 spiro atoms. The summed E-state index contributed by atoms with van der Waals surface area (Å²) in [6.45, 7) is 8.46. The highest BCUT2D eigenvalue weighted by Crippen LogP contribution is 2.25. The van der Waals surface area contributed by atoms with E-state index in [2.05, 4.69) is 5.32 Å². The summed E-state index contributed by atoms with van der Waals surface area (Å²) < 4.78 is 5.33. The molecule has 21 heavy (non-hydrogen) atoms. The third kappa shape index (κ3) is 6.08. The first-order valence-corrected chi connectivity index (χ1v) is 7.72. The van der Waals surface area contributed by atoms with E-state index in [9.17, 15) is 9.59 Å². The average molecular weight is 310 g/mol. The van der Waals surface area contributed by atoms with E-state index in [1.807, 2.05) is 27.7 Å². The second kappa shape index (κ2) is 7.36. The number of anilines is 1. The lowest BCUT2D eigenvalue weighted by atomic mass is 10.1.